The quantitative estimate of drug-likeness (QED) is 0.835. The van der Waals surface area contributed by atoms with Crippen molar-refractivity contribution in [3.8, 4) is 0 Å². The lowest BCUT2D eigenvalue weighted by Crippen LogP contribution is -2.31. The number of thiophene rings is 1. The van der Waals surface area contributed by atoms with Crippen LogP contribution in [0.3, 0.4) is 0 Å². The van der Waals surface area contributed by atoms with Gasteiger partial charge in [-0.1, -0.05) is 13.0 Å². The number of urea groups is 1. The van der Waals surface area contributed by atoms with Crippen molar-refractivity contribution in [3.05, 3.63) is 22.4 Å². The number of nitrogens with zero attached hydrogens (tertiary/aromatic N) is 1. The van der Waals surface area contributed by atoms with Crippen molar-refractivity contribution in [1.29, 1.82) is 0 Å². The van der Waals surface area contributed by atoms with E-state index in [2.05, 4.69) is 18.3 Å². The summed E-state index contributed by atoms with van der Waals surface area (Å²) in [5.74, 6) is 0.196. The average molecular weight is 252 g/mol. The Bertz CT molecular complexity index is 416. The Balaban J connectivity index is 2.01. The van der Waals surface area contributed by atoms with Crippen LogP contribution in [-0.4, -0.2) is 29.4 Å². The third kappa shape index (κ3) is 2.34. The van der Waals surface area contributed by atoms with Crippen LogP contribution in [0, 0.1) is 0 Å². The molecule has 92 valence electrons. The molecule has 0 aliphatic carbocycles. The van der Waals surface area contributed by atoms with E-state index in [0.717, 1.165) is 0 Å². The van der Waals surface area contributed by atoms with Crippen molar-refractivity contribution in [2.24, 2.45) is 0 Å². The van der Waals surface area contributed by atoms with Crippen LogP contribution in [0.2, 0.25) is 0 Å². The summed E-state index contributed by atoms with van der Waals surface area (Å²) < 4.78 is 0. The van der Waals surface area contributed by atoms with E-state index in [0.29, 0.717) is 18.9 Å². The number of carbonyl (C=O) groups is 2. The van der Waals surface area contributed by atoms with Gasteiger partial charge >= 0.3 is 6.03 Å². The number of nitrogens with one attached hydrogen (secondary N) is 1. The van der Waals surface area contributed by atoms with Gasteiger partial charge in [-0.15, -0.1) is 11.3 Å². The van der Waals surface area contributed by atoms with Gasteiger partial charge in [0.15, 0.2) is 0 Å². The molecule has 2 atom stereocenters. The largest absolute Gasteiger partial charge is 0.326 e. The van der Waals surface area contributed by atoms with Crippen molar-refractivity contribution in [2.45, 2.75) is 32.2 Å². The van der Waals surface area contributed by atoms with Crippen LogP contribution < -0.4 is 5.32 Å². The molecule has 2 rings (SSSR count). The van der Waals surface area contributed by atoms with E-state index in [1.54, 1.807) is 11.3 Å². The first kappa shape index (κ1) is 12.1. The van der Waals surface area contributed by atoms with Crippen LogP contribution in [0.15, 0.2) is 17.5 Å². The molecule has 0 bridgehead atoms. The molecule has 1 aromatic heterocycles. The van der Waals surface area contributed by atoms with Gasteiger partial charge in [0.1, 0.15) is 6.04 Å². The molecular weight excluding hydrogens is 236 g/mol. The highest BCUT2D eigenvalue weighted by Crippen LogP contribution is 2.26. The van der Waals surface area contributed by atoms with E-state index in [-0.39, 0.29) is 18.0 Å². The second kappa shape index (κ2) is 4.87. The number of rotatable bonds is 4. The van der Waals surface area contributed by atoms with Gasteiger partial charge in [0.25, 0.3) is 5.91 Å². The van der Waals surface area contributed by atoms with Crippen molar-refractivity contribution in [1.82, 2.24) is 10.2 Å². The second-order valence-electron chi connectivity index (χ2n) is 4.24. The van der Waals surface area contributed by atoms with Gasteiger partial charge in [0.2, 0.25) is 0 Å². The normalized spacial score (nSPS) is 21.8. The first-order valence-electron chi connectivity index (χ1n) is 5.78. The number of likely N-dealkylation sites (N-methyl/N-ethyl adjacent to an activating group) is 1. The molecule has 0 spiro atoms. The van der Waals surface area contributed by atoms with Crippen LogP contribution in [0.4, 0.5) is 4.79 Å². The van der Waals surface area contributed by atoms with E-state index < -0.39 is 0 Å². The first-order valence-corrected chi connectivity index (χ1v) is 6.66. The van der Waals surface area contributed by atoms with Crippen LogP contribution in [-0.2, 0) is 4.79 Å². The molecule has 1 fully saturated rings. The molecule has 2 heterocycles. The number of imide groups is 1. The van der Waals surface area contributed by atoms with Crippen molar-refractivity contribution < 1.29 is 9.59 Å². The van der Waals surface area contributed by atoms with E-state index in [4.69, 9.17) is 0 Å². The van der Waals surface area contributed by atoms with Crippen molar-refractivity contribution in [2.75, 3.05) is 6.54 Å². The van der Waals surface area contributed by atoms with Gasteiger partial charge in [-0.3, -0.25) is 9.69 Å². The minimum atomic E-state index is -0.362. The highest BCUT2D eigenvalue weighted by atomic mass is 32.1. The molecule has 1 aliphatic heterocycles. The fourth-order valence-corrected chi connectivity index (χ4v) is 2.88. The third-order valence-corrected chi connectivity index (χ3v) is 4.15. The SMILES string of the molecule is CCN1C(=O)NC(CC(C)c2cccs2)C1=O. The Morgan fingerprint density at radius 1 is 1.53 bits per heavy atom. The molecule has 17 heavy (non-hydrogen) atoms. The highest BCUT2D eigenvalue weighted by Gasteiger charge is 2.37. The number of hydrogen-bond donors (Lipinski definition) is 1. The zero-order valence-electron chi connectivity index (χ0n) is 9.97. The molecule has 2 unspecified atom stereocenters. The Kier molecular flexibility index (Phi) is 3.47. The summed E-state index contributed by atoms with van der Waals surface area (Å²) in [5.41, 5.74) is 0. The highest BCUT2D eigenvalue weighted by molar-refractivity contribution is 7.10. The summed E-state index contributed by atoms with van der Waals surface area (Å²) in [7, 11) is 0. The molecule has 4 nitrogen and oxygen atoms in total. The third-order valence-electron chi connectivity index (χ3n) is 3.04. The van der Waals surface area contributed by atoms with Crippen LogP contribution in [0.5, 0.6) is 0 Å². The maximum Gasteiger partial charge on any atom is 0.324 e. The van der Waals surface area contributed by atoms with Crippen LogP contribution in [0.25, 0.3) is 0 Å². The Labute approximate surface area is 105 Å². The van der Waals surface area contributed by atoms with Crippen molar-refractivity contribution in [3.63, 3.8) is 0 Å². The molecular formula is C12H16N2O2S. The molecule has 1 saturated heterocycles. The molecule has 0 radical (unpaired) electrons. The van der Waals surface area contributed by atoms with Gasteiger partial charge in [0.05, 0.1) is 0 Å². The standard InChI is InChI=1S/C12H16N2O2S/c1-3-14-11(15)9(13-12(14)16)7-8(2)10-5-4-6-17-10/h4-6,8-9H,3,7H2,1-2H3,(H,13,16). The Morgan fingerprint density at radius 3 is 2.82 bits per heavy atom. The lowest BCUT2D eigenvalue weighted by molar-refractivity contribution is -0.127. The minimum Gasteiger partial charge on any atom is -0.326 e. The summed E-state index contributed by atoms with van der Waals surface area (Å²) in [5, 5.41) is 4.77. The average Bonchev–Trinajstić information content (AvgIpc) is 2.89. The summed E-state index contributed by atoms with van der Waals surface area (Å²) in [4.78, 5) is 25.9. The maximum absolute atomic E-state index is 11.9. The Morgan fingerprint density at radius 2 is 2.29 bits per heavy atom. The van der Waals surface area contributed by atoms with Gasteiger partial charge in [-0.2, -0.15) is 0 Å². The Hall–Kier alpha value is -1.36. The molecule has 5 heteroatoms. The molecule has 0 saturated carbocycles. The van der Waals surface area contributed by atoms with E-state index in [9.17, 15) is 9.59 Å². The lowest BCUT2D eigenvalue weighted by atomic mass is 10.0. The fourth-order valence-electron chi connectivity index (χ4n) is 2.08. The monoisotopic (exact) mass is 252 g/mol. The predicted octanol–water partition coefficient (Wildman–Crippen LogP) is 2.18. The maximum atomic E-state index is 11.9. The zero-order valence-corrected chi connectivity index (χ0v) is 10.8. The summed E-state index contributed by atoms with van der Waals surface area (Å²) >= 11 is 1.69. The van der Waals surface area contributed by atoms with Crippen molar-refractivity contribution >= 4 is 23.3 Å². The van der Waals surface area contributed by atoms with Gasteiger partial charge < -0.3 is 5.32 Å². The smallest absolute Gasteiger partial charge is 0.324 e. The van der Waals surface area contributed by atoms with Gasteiger partial charge in [-0.05, 0) is 30.7 Å². The van der Waals surface area contributed by atoms with E-state index in [1.165, 1.54) is 9.78 Å². The molecule has 1 aliphatic rings. The van der Waals surface area contributed by atoms with Gasteiger partial charge in [-0.25, -0.2) is 4.79 Å². The molecule has 3 amide bonds. The molecule has 1 aromatic rings. The van der Waals surface area contributed by atoms with Crippen LogP contribution in [0.1, 0.15) is 31.1 Å². The zero-order chi connectivity index (χ0) is 12.4. The van der Waals surface area contributed by atoms with E-state index in [1.807, 2.05) is 18.4 Å². The number of carbonyl (C=O) groups excluding carboxylic acids is 2. The fraction of sp³-hybridized carbons (Fsp3) is 0.500. The summed E-state index contributed by atoms with van der Waals surface area (Å²) in [6.45, 7) is 4.33. The minimum absolute atomic E-state index is 0.0964. The second-order valence-corrected chi connectivity index (χ2v) is 5.22. The molecule has 1 N–H and O–H groups in total. The predicted molar refractivity (Wildman–Crippen MR) is 67.1 cm³/mol. The summed E-state index contributed by atoms with van der Waals surface area (Å²) in [6.07, 6.45) is 0.668. The lowest BCUT2D eigenvalue weighted by Gasteiger charge is -2.14. The summed E-state index contributed by atoms with van der Waals surface area (Å²) in [6, 6.07) is 3.44. The first-order chi connectivity index (χ1) is 8.13. The van der Waals surface area contributed by atoms with E-state index >= 15 is 0 Å². The molecule has 0 aromatic carbocycles. The topological polar surface area (TPSA) is 49.4 Å². The van der Waals surface area contributed by atoms with Crippen LogP contribution >= 0.6 is 11.3 Å². The number of hydrogen-bond acceptors (Lipinski definition) is 3. The van der Waals surface area contributed by atoms with Gasteiger partial charge in [0, 0.05) is 11.4 Å². The number of amides is 3.